The Bertz CT molecular complexity index is 89.2. The third kappa shape index (κ3) is 5.34. The van der Waals surface area contributed by atoms with Crippen molar-refractivity contribution in [3.8, 4) is 0 Å². The zero-order chi connectivity index (χ0) is 6.78. The van der Waals surface area contributed by atoms with Gasteiger partial charge in [0.2, 0.25) is 0 Å². The topological polar surface area (TPSA) is 32.3 Å². The molecule has 0 fully saturated rings. The Kier molecular flexibility index (Phi) is 1.90. The highest BCUT2D eigenvalue weighted by atomic mass is 16.6. The Labute approximate surface area is 49.8 Å². The van der Waals surface area contributed by atoms with Crippen molar-refractivity contribution >= 4 is 0 Å². The highest BCUT2D eigenvalue weighted by molar-refractivity contribution is 4.69. The van der Waals surface area contributed by atoms with E-state index in [0.717, 1.165) is 0 Å². The molecule has 0 aromatic rings. The minimum absolute atomic E-state index is 0.390. The van der Waals surface area contributed by atoms with Gasteiger partial charge in [-0.2, -0.15) is 0 Å². The molecule has 8 heavy (non-hydrogen) atoms. The fourth-order valence-electron chi connectivity index (χ4n) is 0.342. The Morgan fingerprint density at radius 3 is 1.88 bits per heavy atom. The van der Waals surface area contributed by atoms with Crippen LogP contribution in [0.3, 0.4) is 0 Å². The fraction of sp³-hybridized carbons (Fsp3) is 0.667. The molecule has 0 amide bonds. The lowest BCUT2D eigenvalue weighted by Gasteiger charge is -2.29. The lowest BCUT2D eigenvalue weighted by molar-refractivity contribution is -0.367. The first kappa shape index (κ1) is 7.34. The number of hydrogen-bond donors (Lipinski definition) is 0. The number of rotatable bonds is 1. The van der Waals surface area contributed by atoms with Gasteiger partial charge in [0, 0.05) is 11.5 Å². The van der Waals surface area contributed by atoms with E-state index >= 15 is 0 Å². The van der Waals surface area contributed by atoms with E-state index in [1.807, 2.05) is 0 Å². The quantitative estimate of drug-likeness (QED) is 0.469. The van der Waals surface area contributed by atoms with Crippen LogP contribution in [0.2, 0.25) is 0 Å². The third-order valence-corrected chi connectivity index (χ3v) is 0.420. The monoisotopic (exact) mass is 115 g/mol. The molecule has 0 saturated carbocycles. The molecular weight excluding hydrogens is 104 g/mol. The van der Waals surface area contributed by atoms with Gasteiger partial charge in [-0.15, -0.1) is 0 Å². The van der Waals surface area contributed by atoms with Crippen LogP contribution in [0, 0.1) is 0 Å². The van der Waals surface area contributed by atoms with Gasteiger partial charge >= 0.3 is 0 Å². The Hall–Kier alpha value is -0.660. The van der Waals surface area contributed by atoms with Crippen LogP contribution in [0.15, 0.2) is 12.5 Å². The molecule has 0 aliphatic carbocycles. The molecule has 0 aromatic carbocycles. The van der Waals surface area contributed by atoms with Crippen molar-refractivity contribution in [1.29, 1.82) is 0 Å². The van der Waals surface area contributed by atoms with Crippen LogP contribution in [0.5, 0.6) is 0 Å². The van der Waals surface area contributed by atoms with Crippen LogP contribution in [0.4, 0.5) is 0 Å². The minimum Gasteiger partial charge on any atom is -0.608 e. The Balaban J connectivity index is 3.55. The van der Waals surface area contributed by atoms with Gasteiger partial charge in [-0.3, -0.25) is 0 Å². The molecule has 2 nitrogen and oxygen atoms in total. The first-order chi connectivity index (χ1) is 3.42. The van der Waals surface area contributed by atoms with Gasteiger partial charge in [-0.1, -0.05) is 27.4 Å². The molecule has 0 atom stereocenters. The Morgan fingerprint density at radius 1 is 1.50 bits per heavy atom. The van der Waals surface area contributed by atoms with Crippen LogP contribution >= 0.6 is 0 Å². The second-order valence-corrected chi connectivity index (χ2v) is 2.59. The normalized spacial score (nSPS) is 10.9. The van der Waals surface area contributed by atoms with E-state index in [-0.39, 0.29) is 0 Å². The van der Waals surface area contributed by atoms with Gasteiger partial charge in [-0.25, -0.2) is 0 Å². The maximum Gasteiger partial charge on any atom is 0.0443 e. The van der Waals surface area contributed by atoms with E-state index in [4.69, 9.17) is 0 Å². The summed E-state index contributed by atoms with van der Waals surface area (Å²) >= 11 is 0. The standard InChI is InChI=1S/C6H12O2/c1-5(7)8-6(2,3)4/h7H,1H2,2-4H3/p-1. The van der Waals surface area contributed by atoms with E-state index in [2.05, 4.69) is 11.3 Å². The van der Waals surface area contributed by atoms with E-state index in [0.29, 0.717) is 0 Å². The largest absolute Gasteiger partial charge is 0.608 e. The molecule has 2 heteroatoms. The summed E-state index contributed by atoms with van der Waals surface area (Å²) in [5, 5.41) is 10.1. The van der Waals surface area contributed by atoms with Gasteiger partial charge < -0.3 is 9.84 Å². The zero-order valence-electron chi connectivity index (χ0n) is 5.52. The first-order valence-electron chi connectivity index (χ1n) is 2.47. The first-order valence-corrected chi connectivity index (χ1v) is 2.47. The second kappa shape index (κ2) is 2.07. The van der Waals surface area contributed by atoms with Crippen LogP contribution in [-0.2, 0) is 4.74 Å². The zero-order valence-corrected chi connectivity index (χ0v) is 5.52. The molecule has 0 N–H and O–H groups in total. The average Bonchev–Trinajstić information content (AvgIpc) is 1.21. The van der Waals surface area contributed by atoms with Crippen molar-refractivity contribution in [2.45, 2.75) is 26.4 Å². The summed E-state index contributed by atoms with van der Waals surface area (Å²) in [5.74, 6) is -0.475. The van der Waals surface area contributed by atoms with Gasteiger partial charge in [0.15, 0.2) is 0 Å². The molecule has 48 valence electrons. The van der Waals surface area contributed by atoms with Crippen molar-refractivity contribution in [1.82, 2.24) is 0 Å². The minimum atomic E-state index is -0.475. The van der Waals surface area contributed by atoms with Crippen LogP contribution in [0.1, 0.15) is 20.8 Å². The molecule has 0 saturated heterocycles. The predicted octanol–water partition coefficient (Wildman–Crippen LogP) is 0.633. The van der Waals surface area contributed by atoms with E-state index in [9.17, 15) is 5.11 Å². The summed E-state index contributed by atoms with van der Waals surface area (Å²) in [4.78, 5) is 0. The van der Waals surface area contributed by atoms with Crippen molar-refractivity contribution in [3.05, 3.63) is 12.5 Å². The molecule has 0 aromatic heterocycles. The van der Waals surface area contributed by atoms with Crippen LogP contribution in [0.25, 0.3) is 0 Å². The summed E-state index contributed by atoms with van der Waals surface area (Å²) in [6, 6.07) is 0. The molecule has 0 spiro atoms. The second-order valence-electron chi connectivity index (χ2n) is 2.59. The third-order valence-electron chi connectivity index (χ3n) is 0.420. The molecule has 0 unspecified atom stereocenters. The fourth-order valence-corrected chi connectivity index (χ4v) is 0.342. The summed E-state index contributed by atoms with van der Waals surface area (Å²) in [5.41, 5.74) is -0.390. The van der Waals surface area contributed by atoms with Crippen molar-refractivity contribution < 1.29 is 9.84 Å². The maximum absolute atomic E-state index is 10.1. The molecular formula is C6H11O2-. The van der Waals surface area contributed by atoms with Crippen molar-refractivity contribution in [2.75, 3.05) is 0 Å². The smallest absolute Gasteiger partial charge is 0.0443 e. The highest BCUT2D eigenvalue weighted by Crippen LogP contribution is 2.07. The maximum atomic E-state index is 10.1. The summed E-state index contributed by atoms with van der Waals surface area (Å²) < 4.78 is 4.69. The van der Waals surface area contributed by atoms with E-state index < -0.39 is 11.5 Å². The average molecular weight is 115 g/mol. The molecule has 0 rings (SSSR count). The molecule has 0 aliphatic heterocycles. The summed E-state index contributed by atoms with van der Waals surface area (Å²) in [7, 11) is 0. The van der Waals surface area contributed by atoms with Crippen LogP contribution in [-0.4, -0.2) is 5.60 Å². The molecule has 0 aliphatic rings. The van der Waals surface area contributed by atoms with E-state index in [1.165, 1.54) is 0 Å². The van der Waals surface area contributed by atoms with Crippen molar-refractivity contribution in [2.24, 2.45) is 0 Å². The highest BCUT2D eigenvalue weighted by Gasteiger charge is 2.01. The lowest BCUT2D eigenvalue weighted by Crippen LogP contribution is -2.22. The molecule has 0 heterocycles. The number of hydrogen-bond acceptors (Lipinski definition) is 2. The predicted molar refractivity (Wildman–Crippen MR) is 30.0 cm³/mol. The Morgan fingerprint density at radius 2 is 1.88 bits per heavy atom. The van der Waals surface area contributed by atoms with Gasteiger partial charge in [0.05, 0.1) is 0 Å². The molecule has 0 bridgehead atoms. The summed E-state index contributed by atoms with van der Waals surface area (Å²) in [6.45, 7) is 8.47. The van der Waals surface area contributed by atoms with E-state index in [1.54, 1.807) is 20.8 Å². The summed E-state index contributed by atoms with van der Waals surface area (Å²) in [6.07, 6.45) is 0. The SMILES string of the molecule is C=C([O-])OC(C)(C)C. The van der Waals surface area contributed by atoms with Gasteiger partial charge in [0.1, 0.15) is 0 Å². The molecule has 0 radical (unpaired) electrons. The van der Waals surface area contributed by atoms with Crippen LogP contribution < -0.4 is 5.11 Å². The van der Waals surface area contributed by atoms with Gasteiger partial charge in [0.25, 0.3) is 0 Å². The van der Waals surface area contributed by atoms with Gasteiger partial charge in [-0.05, 0) is 0 Å². The van der Waals surface area contributed by atoms with Crippen molar-refractivity contribution in [3.63, 3.8) is 0 Å². The lowest BCUT2D eigenvalue weighted by atomic mass is 10.2. The number of ether oxygens (including phenoxy) is 1.